The molecule has 2 aromatic rings. The van der Waals surface area contributed by atoms with E-state index in [2.05, 4.69) is 40.8 Å². The lowest BCUT2D eigenvalue weighted by atomic mass is 9.99. The lowest BCUT2D eigenvalue weighted by Gasteiger charge is -2.26. The molecule has 0 radical (unpaired) electrons. The van der Waals surface area contributed by atoms with Crippen LogP contribution < -0.4 is 15.8 Å². The molecular formula is C26H29FN4OS. The van der Waals surface area contributed by atoms with Gasteiger partial charge in [0.25, 0.3) is 0 Å². The van der Waals surface area contributed by atoms with Gasteiger partial charge in [-0.1, -0.05) is 36.5 Å². The van der Waals surface area contributed by atoms with E-state index in [1.54, 1.807) is 18.0 Å². The fourth-order valence-electron chi connectivity index (χ4n) is 4.08. The van der Waals surface area contributed by atoms with Crippen LogP contribution in [0.25, 0.3) is 4.91 Å². The molecule has 2 heterocycles. The average molecular weight is 465 g/mol. The van der Waals surface area contributed by atoms with E-state index < -0.39 is 0 Å². The van der Waals surface area contributed by atoms with Crippen molar-refractivity contribution < 1.29 is 9.13 Å². The van der Waals surface area contributed by atoms with Crippen molar-refractivity contribution >= 4 is 22.4 Å². The molecule has 5 nitrogen and oxygen atoms in total. The van der Waals surface area contributed by atoms with Gasteiger partial charge >= 0.3 is 0 Å². The molecule has 0 bridgehead atoms. The van der Waals surface area contributed by atoms with Crippen LogP contribution in [0.1, 0.15) is 30.5 Å². The van der Waals surface area contributed by atoms with Gasteiger partial charge in [-0.25, -0.2) is 4.39 Å². The highest BCUT2D eigenvalue weighted by atomic mass is 32.2. The highest BCUT2D eigenvalue weighted by molar-refractivity contribution is 8.09. The second-order valence-corrected chi connectivity index (χ2v) is 9.25. The third-order valence-electron chi connectivity index (χ3n) is 5.88. The fraction of sp³-hybridized carbons (Fsp3) is 0.269. The number of allylic oxidation sites excluding steroid dienone is 2. The molecule has 7 heteroatoms. The van der Waals surface area contributed by atoms with E-state index in [-0.39, 0.29) is 11.3 Å². The van der Waals surface area contributed by atoms with Crippen LogP contribution in [0.3, 0.4) is 0 Å². The van der Waals surface area contributed by atoms with Crippen LogP contribution in [0.4, 0.5) is 4.39 Å². The molecule has 0 aliphatic carbocycles. The van der Waals surface area contributed by atoms with Crippen molar-refractivity contribution in [2.75, 3.05) is 13.2 Å². The lowest BCUT2D eigenvalue weighted by molar-refractivity contribution is 0.263. The third kappa shape index (κ3) is 5.49. The first-order chi connectivity index (χ1) is 15.9. The minimum Gasteiger partial charge on any atom is -0.491 e. The summed E-state index contributed by atoms with van der Waals surface area (Å²) in [6.45, 7) is 9.94. The topological polar surface area (TPSA) is 62.9 Å². The monoisotopic (exact) mass is 464 g/mol. The zero-order chi connectivity index (χ0) is 23.4. The number of ether oxygens (including phenoxy) is 1. The zero-order valence-electron chi connectivity index (χ0n) is 19.0. The number of hydrogen-bond donors (Lipinski definition) is 2. The van der Waals surface area contributed by atoms with E-state index in [1.807, 2.05) is 31.3 Å². The van der Waals surface area contributed by atoms with Crippen LogP contribution in [0.5, 0.6) is 5.75 Å². The Hall–Kier alpha value is -3.03. The molecule has 0 amide bonds. The number of nitrogens with two attached hydrogens (primary N) is 1. The number of nitrogens with zero attached hydrogens (tertiary/aromatic N) is 2. The molecule has 0 saturated carbocycles. The van der Waals surface area contributed by atoms with Crippen molar-refractivity contribution in [1.82, 2.24) is 10.2 Å². The van der Waals surface area contributed by atoms with E-state index in [1.165, 1.54) is 12.1 Å². The van der Waals surface area contributed by atoms with E-state index in [4.69, 9.17) is 10.5 Å². The predicted molar refractivity (Wildman–Crippen MR) is 135 cm³/mol. The van der Waals surface area contributed by atoms with E-state index in [0.29, 0.717) is 13.0 Å². The zero-order valence-corrected chi connectivity index (χ0v) is 19.8. The second-order valence-electron chi connectivity index (χ2n) is 8.07. The highest BCUT2D eigenvalue weighted by Crippen LogP contribution is 2.36. The Kier molecular flexibility index (Phi) is 7.20. The van der Waals surface area contributed by atoms with Crippen molar-refractivity contribution in [2.45, 2.75) is 32.3 Å². The number of nitrogens with one attached hydrogen (secondary N) is 1. The standard InChI is InChI=1S/C26H29FN4OS/c1-4-29-17(2)23(13-19-5-8-22(27)9-6-19)18(3)31-11-12-32-24-10-7-20(14-21(24)16-31)25-15-30-26(28)33-25/h4-10,14-15,26,30H,1,11-13,16,28H2,2-3H3/b23-18+,29-17?. The number of hydrogen-bond acceptors (Lipinski definition) is 6. The minimum atomic E-state index is -0.235. The molecule has 1 atom stereocenters. The van der Waals surface area contributed by atoms with Crippen molar-refractivity contribution in [2.24, 2.45) is 10.7 Å². The van der Waals surface area contributed by atoms with E-state index in [9.17, 15) is 4.39 Å². The summed E-state index contributed by atoms with van der Waals surface area (Å²) in [6, 6.07) is 12.9. The molecule has 2 aliphatic rings. The maximum absolute atomic E-state index is 13.4. The van der Waals surface area contributed by atoms with Crippen LogP contribution in [-0.2, 0) is 13.0 Å². The van der Waals surface area contributed by atoms with Crippen LogP contribution >= 0.6 is 11.8 Å². The molecule has 4 rings (SSSR count). The number of fused-ring (bicyclic) bond motifs is 1. The Balaban J connectivity index is 1.66. The smallest absolute Gasteiger partial charge is 0.127 e. The van der Waals surface area contributed by atoms with Crippen molar-refractivity contribution in [3.05, 3.63) is 95.2 Å². The molecule has 172 valence electrons. The Morgan fingerprint density at radius 3 is 2.79 bits per heavy atom. The maximum atomic E-state index is 13.4. The first-order valence-corrected chi connectivity index (χ1v) is 11.8. The van der Waals surface area contributed by atoms with E-state index >= 15 is 0 Å². The largest absolute Gasteiger partial charge is 0.491 e. The van der Waals surface area contributed by atoms with Gasteiger partial charge in [0.1, 0.15) is 23.7 Å². The summed E-state index contributed by atoms with van der Waals surface area (Å²) >= 11 is 1.61. The van der Waals surface area contributed by atoms with Gasteiger partial charge in [-0.15, -0.1) is 0 Å². The first-order valence-electron chi connectivity index (χ1n) is 10.9. The molecule has 0 aromatic heterocycles. The van der Waals surface area contributed by atoms with Gasteiger partial charge in [0.15, 0.2) is 0 Å². The summed E-state index contributed by atoms with van der Waals surface area (Å²) in [4.78, 5) is 7.91. The first kappa shape index (κ1) is 23.1. The molecule has 0 spiro atoms. The van der Waals surface area contributed by atoms with Gasteiger partial charge in [-0.05, 0) is 54.8 Å². The maximum Gasteiger partial charge on any atom is 0.127 e. The van der Waals surface area contributed by atoms with Crippen LogP contribution in [0.2, 0.25) is 0 Å². The molecule has 2 aliphatic heterocycles. The molecular weight excluding hydrogens is 435 g/mol. The van der Waals surface area contributed by atoms with Crippen LogP contribution in [-0.4, -0.2) is 29.3 Å². The second kappa shape index (κ2) is 10.3. The Bertz CT molecular complexity index is 1120. The van der Waals surface area contributed by atoms with Crippen LogP contribution in [0, 0.1) is 5.82 Å². The normalized spacial score (nSPS) is 19.0. The summed E-state index contributed by atoms with van der Waals surface area (Å²) < 4.78 is 19.5. The number of halogens is 1. The van der Waals surface area contributed by atoms with Crippen molar-refractivity contribution in [3.8, 4) is 5.75 Å². The number of rotatable bonds is 6. The summed E-state index contributed by atoms with van der Waals surface area (Å²) in [6.07, 6.45) is 4.19. The van der Waals surface area contributed by atoms with Crippen molar-refractivity contribution in [1.29, 1.82) is 0 Å². The van der Waals surface area contributed by atoms with Gasteiger partial charge in [0.2, 0.25) is 0 Å². The van der Waals surface area contributed by atoms with Crippen molar-refractivity contribution in [3.63, 3.8) is 0 Å². The van der Waals surface area contributed by atoms with E-state index in [0.717, 1.165) is 57.4 Å². The minimum absolute atomic E-state index is 0.113. The number of aliphatic imine (C=N–C) groups is 1. The third-order valence-corrected chi connectivity index (χ3v) is 6.88. The lowest BCUT2D eigenvalue weighted by Crippen LogP contribution is -2.26. The molecule has 33 heavy (non-hydrogen) atoms. The predicted octanol–water partition coefficient (Wildman–Crippen LogP) is 5.02. The molecule has 0 saturated heterocycles. The Morgan fingerprint density at radius 2 is 2.09 bits per heavy atom. The Labute approximate surface area is 198 Å². The molecule has 1 unspecified atom stereocenters. The SMILES string of the molecule is C=CN=C(C)/C(Cc1ccc(F)cc1)=C(\C)N1CCOc2ccc(C3=CNC(N)S3)cc2C1. The molecule has 2 aromatic carbocycles. The van der Waals surface area contributed by atoms with Gasteiger partial charge in [0, 0.05) is 47.2 Å². The highest BCUT2D eigenvalue weighted by Gasteiger charge is 2.21. The number of thioether (sulfide) groups is 1. The molecule has 3 N–H and O–H groups in total. The van der Waals surface area contributed by atoms with Gasteiger partial charge < -0.3 is 20.7 Å². The van der Waals surface area contributed by atoms with Gasteiger partial charge in [-0.2, -0.15) is 0 Å². The summed E-state index contributed by atoms with van der Waals surface area (Å²) in [5, 5.41) is 3.14. The van der Waals surface area contributed by atoms with Gasteiger partial charge in [-0.3, -0.25) is 4.99 Å². The van der Waals surface area contributed by atoms with Crippen LogP contribution in [0.15, 0.2) is 77.7 Å². The summed E-state index contributed by atoms with van der Waals surface area (Å²) in [5.74, 6) is 0.674. The summed E-state index contributed by atoms with van der Waals surface area (Å²) in [7, 11) is 0. The number of benzene rings is 2. The fourth-order valence-corrected chi connectivity index (χ4v) is 4.89. The average Bonchev–Trinajstić information content (AvgIpc) is 3.13. The quantitative estimate of drug-likeness (QED) is 0.588. The molecule has 0 fully saturated rings. The Morgan fingerprint density at radius 1 is 1.30 bits per heavy atom. The summed E-state index contributed by atoms with van der Waals surface area (Å²) in [5.41, 5.74) is 12.3. The van der Waals surface area contributed by atoms with Gasteiger partial charge in [0.05, 0.1) is 6.54 Å².